The molecule has 0 fully saturated rings. The van der Waals surface area contributed by atoms with Gasteiger partial charge in [0.1, 0.15) is 11.5 Å². The molecule has 0 saturated heterocycles. The molecule has 5 heterocycles. The second-order valence-corrected chi connectivity index (χ2v) is 31.5. The van der Waals surface area contributed by atoms with E-state index in [-0.39, 0.29) is 30.7 Å². The lowest BCUT2D eigenvalue weighted by Gasteiger charge is -2.50. The number of benzene rings is 13. The summed E-state index contributed by atoms with van der Waals surface area (Å²) in [5.74, 6) is 1.90. The topological polar surface area (TPSA) is 25.4 Å². The minimum absolute atomic E-state index is 0.0550. The fourth-order valence-corrected chi connectivity index (χ4v) is 20.1. The maximum Gasteiger partial charge on any atom is 0.256 e. The molecule has 13 aromatic rings. The molecule has 4 aliphatic carbocycles. The molecule has 109 heavy (non-hydrogen) atoms. The standard InChI is InChI=1S/C101H77B2N5O/c1-100(2,3)68-58-92-97-93(59-68)108(99-75(66-34-11-4-12-35-66)50-33-51-76(99)67-36-13-5-14-37-67)91-65-89-82(63-86(91)102(97)83-54-29-31-56-87(83)105(92)71-42-19-8-20-43-71)101(79-52-27-25-48-77(79)78-49-26-28-53-80(78)101)81-62-85-90(64-88(81)106(89)72-44-21-9-22-45-72)107(73-46-23-10-24-47-73)94-60-74(61-96-98(94)103(85)84-55-30-32-57-95(84)109-96)104(69-38-15-6-16-39-69)70-40-17-7-18-41-70/h4,6-13,15-34,36-50,52-66,76H,5,14,35,51H2,1-3H3. The van der Waals surface area contributed by atoms with Crippen molar-refractivity contribution in [2.45, 2.75) is 57.3 Å². The molecule has 13 aromatic carbocycles. The Kier molecular flexibility index (Phi) is 14.4. The average molecular weight is 1400 g/mol. The Balaban J connectivity index is 0.894. The summed E-state index contributed by atoms with van der Waals surface area (Å²) in [5, 5.41) is 0. The molecule has 1 spiro atoms. The monoisotopic (exact) mass is 1400 g/mol. The maximum atomic E-state index is 7.44. The molecule has 0 N–H and O–H groups in total. The van der Waals surface area contributed by atoms with Crippen molar-refractivity contribution in [3.05, 3.63) is 397 Å². The highest BCUT2D eigenvalue weighted by Crippen LogP contribution is 2.65. The normalized spacial score (nSPS) is 17.3. The quantitative estimate of drug-likeness (QED) is 0.134. The van der Waals surface area contributed by atoms with E-state index in [4.69, 9.17) is 4.74 Å². The van der Waals surface area contributed by atoms with E-state index in [0.717, 1.165) is 105 Å². The Labute approximate surface area is 639 Å². The van der Waals surface area contributed by atoms with Crippen molar-refractivity contribution >= 4 is 126 Å². The Hall–Kier alpha value is -12.8. The lowest BCUT2D eigenvalue weighted by atomic mass is 9.33. The molecular weight excluding hydrogens is 1320 g/mol. The zero-order chi connectivity index (χ0) is 72.2. The van der Waals surface area contributed by atoms with Gasteiger partial charge in [-0.3, -0.25) is 0 Å². The second-order valence-electron chi connectivity index (χ2n) is 31.5. The number of hydrogen-bond acceptors (Lipinski definition) is 6. The maximum absolute atomic E-state index is 7.44. The van der Waals surface area contributed by atoms with Gasteiger partial charge in [-0.15, -0.1) is 0 Å². The molecule has 9 aliphatic rings. The number of rotatable bonds is 9. The SMILES string of the molecule is CC(C)(C)c1cc2c3c(c1)N(c1ccccc1)c1ccccc1B3c1cc3c(cc1N2C1=C(C2C=CC=CC2)C=CCC1C1=CCCC=C1)N(c1ccccc1)c1cc2c(cc1C31c3ccccc3-c3ccccc31)B1c3ccccc3Oc3cc(N(c4ccccc4)c4ccccc4)cc(c31)N2c1ccccc1. The average Bonchev–Trinajstić information content (AvgIpc) is 1.63. The van der Waals surface area contributed by atoms with E-state index in [0.29, 0.717) is 0 Å². The third-order valence-electron chi connectivity index (χ3n) is 24.7. The third kappa shape index (κ3) is 9.50. The van der Waals surface area contributed by atoms with Crippen LogP contribution in [0.1, 0.15) is 74.3 Å². The summed E-state index contributed by atoms with van der Waals surface area (Å²) in [6.45, 7) is 6.79. The number of fused-ring (bicyclic) bond motifs is 17. The first kappa shape index (κ1) is 63.5. The molecule has 8 heteroatoms. The number of anilines is 14. The lowest BCUT2D eigenvalue weighted by molar-refractivity contribution is 0.487. The van der Waals surface area contributed by atoms with Crippen molar-refractivity contribution in [2.75, 3.05) is 24.5 Å². The fraction of sp³-hybridized carbons (Fsp3) is 0.109. The summed E-state index contributed by atoms with van der Waals surface area (Å²) in [6, 6.07) is 113. The zero-order valence-corrected chi connectivity index (χ0v) is 61.3. The predicted octanol–water partition coefficient (Wildman–Crippen LogP) is 22.0. The predicted molar refractivity (Wildman–Crippen MR) is 456 cm³/mol. The fourth-order valence-electron chi connectivity index (χ4n) is 20.1. The zero-order valence-electron chi connectivity index (χ0n) is 61.3. The van der Waals surface area contributed by atoms with Crippen LogP contribution in [-0.2, 0) is 10.8 Å². The van der Waals surface area contributed by atoms with Crippen LogP contribution >= 0.6 is 0 Å². The van der Waals surface area contributed by atoms with Crippen molar-refractivity contribution < 1.29 is 4.74 Å². The third-order valence-corrected chi connectivity index (χ3v) is 24.7. The van der Waals surface area contributed by atoms with Crippen LogP contribution in [0.25, 0.3) is 11.1 Å². The number of allylic oxidation sites excluding steroid dienone is 11. The van der Waals surface area contributed by atoms with E-state index >= 15 is 0 Å². The smallest absolute Gasteiger partial charge is 0.256 e. The minimum atomic E-state index is -0.875. The molecule has 0 radical (unpaired) electrons. The van der Waals surface area contributed by atoms with Crippen molar-refractivity contribution in [1.29, 1.82) is 0 Å². The summed E-state index contributed by atoms with van der Waals surface area (Å²) >= 11 is 0. The largest absolute Gasteiger partial charge is 0.458 e. The van der Waals surface area contributed by atoms with Crippen molar-refractivity contribution in [3.8, 4) is 22.6 Å². The van der Waals surface area contributed by atoms with Crippen LogP contribution in [-0.4, -0.2) is 13.4 Å². The van der Waals surface area contributed by atoms with Gasteiger partial charge in [-0.05, 0) is 217 Å². The van der Waals surface area contributed by atoms with E-state index in [2.05, 4.69) is 397 Å². The number of para-hydroxylation sites is 7. The Bertz CT molecular complexity index is 6050. The van der Waals surface area contributed by atoms with Crippen LogP contribution in [0.15, 0.2) is 369 Å². The van der Waals surface area contributed by atoms with Crippen LogP contribution < -0.4 is 62.0 Å². The number of nitrogens with zero attached hydrogens (tertiary/aromatic N) is 5. The van der Waals surface area contributed by atoms with Gasteiger partial charge in [0.05, 0.1) is 22.5 Å². The Morgan fingerprint density at radius 3 is 1.50 bits per heavy atom. The first-order valence-corrected chi connectivity index (χ1v) is 38.9. The number of ether oxygens (including phenoxy) is 1. The highest BCUT2D eigenvalue weighted by Gasteiger charge is 2.56. The molecular formula is C101H77B2N5O. The van der Waals surface area contributed by atoms with Crippen LogP contribution in [0, 0.1) is 11.8 Å². The molecule has 0 aromatic heterocycles. The molecule has 0 saturated carbocycles. The first-order valence-electron chi connectivity index (χ1n) is 38.9. The van der Waals surface area contributed by atoms with Crippen molar-refractivity contribution in [1.82, 2.24) is 0 Å². The summed E-state index contributed by atoms with van der Waals surface area (Å²) in [4.78, 5) is 13.1. The lowest BCUT2D eigenvalue weighted by Crippen LogP contribution is -2.62. The molecule has 2 atom stereocenters. The van der Waals surface area contributed by atoms with Gasteiger partial charge in [0, 0.05) is 86.2 Å². The van der Waals surface area contributed by atoms with Crippen molar-refractivity contribution in [2.24, 2.45) is 11.8 Å². The van der Waals surface area contributed by atoms with Gasteiger partial charge in [0.2, 0.25) is 0 Å². The van der Waals surface area contributed by atoms with Crippen LogP contribution in [0.3, 0.4) is 0 Å². The summed E-state index contributed by atoms with van der Waals surface area (Å²) in [6.07, 6.45) is 25.7. The molecule has 2 unspecified atom stereocenters. The molecule has 5 aliphatic heterocycles. The van der Waals surface area contributed by atoms with Crippen LogP contribution in [0.2, 0.25) is 0 Å². The molecule has 22 rings (SSSR count). The number of hydrogen-bond donors (Lipinski definition) is 0. The van der Waals surface area contributed by atoms with E-state index in [1.165, 1.54) is 100 Å². The van der Waals surface area contributed by atoms with Crippen LogP contribution in [0.5, 0.6) is 11.5 Å². The summed E-state index contributed by atoms with van der Waals surface area (Å²) in [7, 11) is 0. The molecule has 6 nitrogen and oxygen atoms in total. The van der Waals surface area contributed by atoms with Gasteiger partial charge in [-0.2, -0.15) is 0 Å². The molecule has 0 bridgehead atoms. The van der Waals surface area contributed by atoms with Gasteiger partial charge in [0.15, 0.2) is 0 Å². The van der Waals surface area contributed by atoms with Crippen LogP contribution in [0.4, 0.5) is 79.6 Å². The van der Waals surface area contributed by atoms with E-state index in [9.17, 15) is 0 Å². The highest BCUT2D eigenvalue weighted by atomic mass is 16.5. The van der Waals surface area contributed by atoms with E-state index in [1.54, 1.807) is 0 Å². The highest BCUT2D eigenvalue weighted by molar-refractivity contribution is 7.01. The van der Waals surface area contributed by atoms with Gasteiger partial charge in [-0.25, -0.2) is 0 Å². The van der Waals surface area contributed by atoms with Gasteiger partial charge >= 0.3 is 0 Å². The summed E-state index contributed by atoms with van der Waals surface area (Å²) < 4.78 is 7.44. The Morgan fingerprint density at radius 2 is 0.908 bits per heavy atom. The Morgan fingerprint density at radius 1 is 0.385 bits per heavy atom. The second kappa shape index (κ2) is 24.6. The van der Waals surface area contributed by atoms with E-state index < -0.39 is 5.41 Å². The van der Waals surface area contributed by atoms with Gasteiger partial charge in [-0.1, -0.05) is 264 Å². The molecule has 0 amide bonds. The minimum Gasteiger partial charge on any atom is -0.458 e. The molecule has 518 valence electrons. The van der Waals surface area contributed by atoms with E-state index in [1.807, 2.05) is 0 Å². The van der Waals surface area contributed by atoms with Gasteiger partial charge < -0.3 is 29.2 Å². The van der Waals surface area contributed by atoms with Crippen molar-refractivity contribution in [3.63, 3.8) is 0 Å². The van der Waals surface area contributed by atoms with Gasteiger partial charge in [0.25, 0.3) is 13.4 Å². The summed E-state index contributed by atoms with van der Waals surface area (Å²) in [5.41, 5.74) is 35.0. The first-order chi connectivity index (χ1) is 53.8.